The van der Waals surface area contributed by atoms with E-state index in [2.05, 4.69) is 0 Å². The molecule has 0 aromatic heterocycles. The Hall–Kier alpha value is -0.180. The third kappa shape index (κ3) is 2.70. The molecule has 1 aromatic rings. The SMILES string of the molecule is O=CCSc1ccc(Cl)c(Cl)c1. The molecule has 0 radical (unpaired) electrons. The molecule has 0 atom stereocenters. The lowest BCUT2D eigenvalue weighted by Gasteiger charge is -1.99. The van der Waals surface area contributed by atoms with Gasteiger partial charge in [-0.2, -0.15) is 0 Å². The normalized spacial score (nSPS) is 9.83. The van der Waals surface area contributed by atoms with E-state index >= 15 is 0 Å². The number of hydrogen-bond acceptors (Lipinski definition) is 2. The van der Waals surface area contributed by atoms with Crippen LogP contribution in [0.4, 0.5) is 0 Å². The van der Waals surface area contributed by atoms with E-state index in [4.69, 9.17) is 23.2 Å². The molecule has 0 heterocycles. The third-order valence-corrected chi connectivity index (χ3v) is 2.84. The van der Waals surface area contributed by atoms with Crippen molar-refractivity contribution in [2.75, 3.05) is 5.75 Å². The molecule has 64 valence electrons. The lowest BCUT2D eigenvalue weighted by molar-refractivity contribution is -0.105. The van der Waals surface area contributed by atoms with Crippen LogP contribution in [0.3, 0.4) is 0 Å². The summed E-state index contributed by atoms with van der Waals surface area (Å²) in [4.78, 5) is 11.0. The molecule has 0 fully saturated rings. The summed E-state index contributed by atoms with van der Waals surface area (Å²) in [5.74, 6) is 0.442. The first-order chi connectivity index (χ1) is 5.74. The number of thioether (sulfide) groups is 1. The van der Waals surface area contributed by atoms with Crippen molar-refractivity contribution in [3.05, 3.63) is 28.2 Å². The van der Waals surface area contributed by atoms with Crippen molar-refractivity contribution in [3.63, 3.8) is 0 Å². The average molecular weight is 221 g/mol. The standard InChI is InChI=1S/C8H6Cl2OS/c9-7-2-1-6(5-8(7)10)12-4-3-11/h1-3,5H,4H2. The van der Waals surface area contributed by atoms with Crippen molar-refractivity contribution in [1.29, 1.82) is 0 Å². The fourth-order valence-electron chi connectivity index (χ4n) is 0.697. The van der Waals surface area contributed by atoms with E-state index in [1.54, 1.807) is 12.1 Å². The molecule has 0 N–H and O–H groups in total. The monoisotopic (exact) mass is 220 g/mol. The molecule has 0 aliphatic carbocycles. The van der Waals surface area contributed by atoms with Crippen LogP contribution in [0.2, 0.25) is 10.0 Å². The van der Waals surface area contributed by atoms with E-state index in [1.807, 2.05) is 6.07 Å². The lowest BCUT2D eigenvalue weighted by atomic mass is 10.4. The van der Waals surface area contributed by atoms with E-state index in [1.165, 1.54) is 11.8 Å². The Morgan fingerprint density at radius 3 is 2.67 bits per heavy atom. The van der Waals surface area contributed by atoms with Gasteiger partial charge >= 0.3 is 0 Å². The molecule has 0 amide bonds. The Morgan fingerprint density at radius 2 is 2.08 bits per heavy atom. The van der Waals surface area contributed by atoms with Crippen molar-refractivity contribution < 1.29 is 4.79 Å². The maximum absolute atomic E-state index is 10.1. The van der Waals surface area contributed by atoms with Crippen molar-refractivity contribution in [1.82, 2.24) is 0 Å². The number of halogens is 2. The quantitative estimate of drug-likeness (QED) is 0.575. The number of benzene rings is 1. The van der Waals surface area contributed by atoms with Crippen LogP contribution in [-0.4, -0.2) is 12.0 Å². The topological polar surface area (TPSA) is 17.1 Å². The van der Waals surface area contributed by atoms with E-state index in [0.717, 1.165) is 11.2 Å². The van der Waals surface area contributed by atoms with Gasteiger partial charge < -0.3 is 4.79 Å². The van der Waals surface area contributed by atoms with Crippen LogP contribution in [0.1, 0.15) is 0 Å². The molecule has 0 spiro atoms. The largest absolute Gasteiger partial charge is 0.302 e. The minimum atomic E-state index is 0.442. The maximum atomic E-state index is 10.1. The molecule has 1 nitrogen and oxygen atoms in total. The minimum Gasteiger partial charge on any atom is -0.302 e. The van der Waals surface area contributed by atoms with Crippen molar-refractivity contribution in [2.45, 2.75) is 4.90 Å². The highest BCUT2D eigenvalue weighted by atomic mass is 35.5. The van der Waals surface area contributed by atoms with Crippen LogP contribution in [0, 0.1) is 0 Å². The van der Waals surface area contributed by atoms with Gasteiger partial charge in [0.15, 0.2) is 0 Å². The zero-order valence-electron chi connectivity index (χ0n) is 6.09. The van der Waals surface area contributed by atoms with Gasteiger partial charge in [-0.25, -0.2) is 0 Å². The van der Waals surface area contributed by atoms with Crippen LogP contribution in [0.5, 0.6) is 0 Å². The third-order valence-electron chi connectivity index (χ3n) is 1.21. The summed E-state index contributed by atoms with van der Waals surface area (Å²) in [5.41, 5.74) is 0. The first-order valence-electron chi connectivity index (χ1n) is 3.25. The number of carbonyl (C=O) groups is 1. The number of hydrogen-bond donors (Lipinski definition) is 0. The molecule has 0 bridgehead atoms. The van der Waals surface area contributed by atoms with Gasteiger partial charge in [0, 0.05) is 4.90 Å². The Labute approximate surface area is 85.1 Å². The first-order valence-corrected chi connectivity index (χ1v) is 4.99. The summed E-state index contributed by atoms with van der Waals surface area (Å²) in [5, 5.41) is 1.06. The molecule has 0 saturated carbocycles. The van der Waals surface area contributed by atoms with Crippen LogP contribution < -0.4 is 0 Å². The molecule has 0 saturated heterocycles. The Kier molecular flexibility index (Phi) is 3.92. The Morgan fingerprint density at radius 1 is 1.33 bits per heavy atom. The summed E-state index contributed by atoms with van der Waals surface area (Å²) in [7, 11) is 0. The fraction of sp³-hybridized carbons (Fsp3) is 0.125. The zero-order valence-corrected chi connectivity index (χ0v) is 8.42. The van der Waals surface area contributed by atoms with Crippen LogP contribution in [-0.2, 0) is 4.79 Å². The van der Waals surface area contributed by atoms with Gasteiger partial charge in [-0.05, 0) is 18.2 Å². The van der Waals surface area contributed by atoms with E-state index in [0.29, 0.717) is 15.8 Å². The molecule has 1 aromatic carbocycles. The highest BCUT2D eigenvalue weighted by molar-refractivity contribution is 7.99. The maximum Gasteiger partial charge on any atom is 0.130 e. The Bertz CT molecular complexity index is 288. The van der Waals surface area contributed by atoms with Gasteiger partial charge in [-0.15, -0.1) is 11.8 Å². The predicted molar refractivity (Wildman–Crippen MR) is 53.3 cm³/mol. The number of rotatable bonds is 3. The number of carbonyl (C=O) groups excluding carboxylic acids is 1. The van der Waals surface area contributed by atoms with Gasteiger partial charge in [-0.3, -0.25) is 0 Å². The average Bonchev–Trinajstić information content (AvgIpc) is 2.07. The Balaban J connectivity index is 2.75. The van der Waals surface area contributed by atoms with Crippen molar-refractivity contribution >= 4 is 41.2 Å². The van der Waals surface area contributed by atoms with Gasteiger partial charge in [0.1, 0.15) is 6.29 Å². The van der Waals surface area contributed by atoms with Gasteiger partial charge in [0.05, 0.1) is 15.8 Å². The second-order valence-electron chi connectivity index (χ2n) is 2.05. The van der Waals surface area contributed by atoms with Crippen LogP contribution in [0.25, 0.3) is 0 Å². The molecular weight excluding hydrogens is 215 g/mol. The fourth-order valence-corrected chi connectivity index (χ4v) is 1.69. The molecule has 0 aliphatic rings. The summed E-state index contributed by atoms with van der Waals surface area (Å²) in [6.45, 7) is 0. The summed E-state index contributed by atoms with van der Waals surface area (Å²) >= 11 is 12.9. The lowest BCUT2D eigenvalue weighted by Crippen LogP contribution is -1.79. The second kappa shape index (κ2) is 4.75. The van der Waals surface area contributed by atoms with E-state index in [-0.39, 0.29) is 0 Å². The summed E-state index contributed by atoms with van der Waals surface area (Å²) < 4.78 is 0. The van der Waals surface area contributed by atoms with Crippen LogP contribution in [0.15, 0.2) is 23.1 Å². The number of aldehydes is 1. The van der Waals surface area contributed by atoms with Crippen molar-refractivity contribution in [3.8, 4) is 0 Å². The highest BCUT2D eigenvalue weighted by Gasteiger charge is 1.98. The molecule has 0 unspecified atom stereocenters. The first kappa shape index (κ1) is 9.90. The summed E-state index contributed by atoms with van der Waals surface area (Å²) in [6.07, 6.45) is 0.854. The molecule has 12 heavy (non-hydrogen) atoms. The molecule has 0 aliphatic heterocycles. The predicted octanol–water partition coefficient (Wildman–Crippen LogP) is 3.28. The molecular formula is C8H6Cl2OS. The van der Waals surface area contributed by atoms with Gasteiger partial charge in [0.2, 0.25) is 0 Å². The van der Waals surface area contributed by atoms with Gasteiger partial charge in [-0.1, -0.05) is 23.2 Å². The van der Waals surface area contributed by atoms with E-state index in [9.17, 15) is 4.79 Å². The van der Waals surface area contributed by atoms with E-state index < -0.39 is 0 Å². The smallest absolute Gasteiger partial charge is 0.130 e. The zero-order chi connectivity index (χ0) is 8.97. The highest BCUT2D eigenvalue weighted by Crippen LogP contribution is 2.27. The second-order valence-corrected chi connectivity index (χ2v) is 3.96. The van der Waals surface area contributed by atoms with Gasteiger partial charge in [0.25, 0.3) is 0 Å². The minimum absolute atomic E-state index is 0.442. The van der Waals surface area contributed by atoms with Crippen molar-refractivity contribution in [2.24, 2.45) is 0 Å². The summed E-state index contributed by atoms with van der Waals surface area (Å²) in [6, 6.07) is 5.30. The molecule has 1 rings (SSSR count). The van der Waals surface area contributed by atoms with Crippen LogP contribution >= 0.6 is 35.0 Å². The molecule has 4 heteroatoms.